The van der Waals surface area contributed by atoms with E-state index in [0.29, 0.717) is 6.42 Å². The number of carbonyl (C=O) groups is 3. The number of carboxylic acid groups (broad SMARTS) is 1. The van der Waals surface area contributed by atoms with Crippen molar-refractivity contribution >= 4 is 18.0 Å². The maximum absolute atomic E-state index is 12.2. The highest BCUT2D eigenvalue weighted by Gasteiger charge is 2.29. The van der Waals surface area contributed by atoms with Crippen LogP contribution in [0.3, 0.4) is 0 Å². The van der Waals surface area contributed by atoms with Gasteiger partial charge in [-0.25, -0.2) is 4.79 Å². The van der Waals surface area contributed by atoms with E-state index in [1.807, 2.05) is 24.3 Å². The molecule has 1 unspecified atom stereocenters. The molecule has 3 N–H and O–H groups in total. The van der Waals surface area contributed by atoms with Crippen LogP contribution in [0.2, 0.25) is 0 Å². The number of hydrogen-bond acceptors (Lipinski definition) is 4. The molecule has 0 aliphatic heterocycles. The number of benzene rings is 2. The van der Waals surface area contributed by atoms with Crippen LogP contribution in [-0.2, 0) is 14.3 Å². The number of nitrogens with one attached hydrogen (secondary N) is 2. The highest BCUT2D eigenvalue weighted by molar-refractivity contribution is 5.80. The monoisotopic (exact) mass is 438 g/mol. The molecule has 7 heteroatoms. The van der Waals surface area contributed by atoms with Gasteiger partial charge in [0.15, 0.2) is 0 Å². The van der Waals surface area contributed by atoms with Crippen molar-refractivity contribution in [3.8, 4) is 11.1 Å². The molecule has 32 heavy (non-hydrogen) atoms. The molecule has 0 aromatic heterocycles. The normalized spacial score (nSPS) is 13.6. The minimum Gasteiger partial charge on any atom is -0.481 e. The van der Waals surface area contributed by atoms with E-state index < -0.39 is 23.4 Å². The number of alkyl carbamates (subject to hydrolysis) is 1. The molecule has 0 heterocycles. The van der Waals surface area contributed by atoms with E-state index in [-0.39, 0.29) is 31.5 Å². The fraction of sp³-hybridized carbons (Fsp3) is 0.400. The van der Waals surface area contributed by atoms with E-state index in [2.05, 4.69) is 34.9 Å². The van der Waals surface area contributed by atoms with Crippen molar-refractivity contribution in [1.29, 1.82) is 0 Å². The molecule has 1 aliphatic rings. The van der Waals surface area contributed by atoms with E-state index in [1.54, 1.807) is 20.8 Å². The second kappa shape index (κ2) is 9.85. The largest absolute Gasteiger partial charge is 0.481 e. The summed E-state index contributed by atoms with van der Waals surface area (Å²) in [5.41, 5.74) is 3.69. The Morgan fingerprint density at radius 1 is 1.00 bits per heavy atom. The molecule has 0 radical (unpaired) electrons. The summed E-state index contributed by atoms with van der Waals surface area (Å²) in [6, 6.07) is 16.2. The molecule has 7 nitrogen and oxygen atoms in total. The van der Waals surface area contributed by atoms with Crippen molar-refractivity contribution in [3.63, 3.8) is 0 Å². The summed E-state index contributed by atoms with van der Waals surface area (Å²) in [6.45, 7) is 5.53. The number of carboxylic acids is 1. The van der Waals surface area contributed by atoms with Crippen molar-refractivity contribution in [3.05, 3.63) is 59.7 Å². The minimum absolute atomic E-state index is 0.0218. The molecule has 0 saturated carbocycles. The minimum atomic E-state index is -0.907. The second-order valence-electron chi connectivity index (χ2n) is 8.84. The fourth-order valence-corrected chi connectivity index (χ4v) is 3.76. The van der Waals surface area contributed by atoms with Crippen molar-refractivity contribution < 1.29 is 24.2 Å². The van der Waals surface area contributed by atoms with Crippen LogP contribution in [-0.4, -0.2) is 42.8 Å². The van der Waals surface area contributed by atoms with Crippen LogP contribution in [0.4, 0.5) is 4.79 Å². The van der Waals surface area contributed by atoms with Gasteiger partial charge in [0.05, 0.1) is 11.3 Å². The van der Waals surface area contributed by atoms with Gasteiger partial charge in [-0.2, -0.15) is 0 Å². The first-order chi connectivity index (χ1) is 15.2. The van der Waals surface area contributed by atoms with Crippen molar-refractivity contribution in [2.24, 2.45) is 11.3 Å². The van der Waals surface area contributed by atoms with Crippen molar-refractivity contribution in [1.82, 2.24) is 10.6 Å². The molecule has 1 aliphatic carbocycles. The number of rotatable bonds is 9. The summed E-state index contributed by atoms with van der Waals surface area (Å²) >= 11 is 0. The molecule has 170 valence electrons. The summed E-state index contributed by atoms with van der Waals surface area (Å²) in [5, 5.41) is 14.5. The average Bonchev–Trinajstić information content (AvgIpc) is 3.09. The number of ether oxygens (including phenoxy) is 1. The standard InChI is InChI=1S/C25H30N2O5/c1-16(22(28)26-13-12-25(2,3)23(29)30)14-27-24(31)32-15-21-19-10-6-4-8-17(19)18-9-5-7-11-20(18)21/h4-11,16,21H,12-15H2,1-3H3,(H,26,28)(H,27,31)(H,29,30). The lowest BCUT2D eigenvalue weighted by molar-refractivity contribution is -0.147. The highest BCUT2D eigenvalue weighted by atomic mass is 16.5. The Labute approximate surface area is 188 Å². The van der Waals surface area contributed by atoms with Crippen LogP contribution in [0.1, 0.15) is 44.2 Å². The van der Waals surface area contributed by atoms with Gasteiger partial charge in [-0.1, -0.05) is 55.5 Å². The van der Waals surface area contributed by atoms with Crippen LogP contribution in [0.15, 0.2) is 48.5 Å². The SMILES string of the molecule is CC(CNC(=O)OCC1c2ccccc2-c2ccccc21)C(=O)NCCC(C)(C)C(=O)O. The van der Waals surface area contributed by atoms with Crippen LogP contribution in [0.5, 0.6) is 0 Å². The average molecular weight is 439 g/mol. The zero-order valence-electron chi connectivity index (χ0n) is 18.7. The van der Waals surface area contributed by atoms with Gasteiger partial charge in [-0.15, -0.1) is 0 Å². The molecular formula is C25H30N2O5. The molecule has 0 spiro atoms. The van der Waals surface area contributed by atoms with Gasteiger partial charge in [-0.05, 0) is 42.5 Å². The molecule has 0 saturated heterocycles. The molecule has 2 aromatic rings. The molecule has 0 bridgehead atoms. The lowest BCUT2D eigenvalue weighted by atomic mass is 9.89. The van der Waals surface area contributed by atoms with E-state index in [1.165, 1.54) is 0 Å². The highest BCUT2D eigenvalue weighted by Crippen LogP contribution is 2.44. The fourth-order valence-electron chi connectivity index (χ4n) is 3.76. The summed E-state index contributed by atoms with van der Waals surface area (Å²) in [6.07, 6.45) is -0.251. The first kappa shape index (κ1) is 23.3. The number of fused-ring (bicyclic) bond motifs is 3. The Bertz CT molecular complexity index is 956. The summed E-state index contributed by atoms with van der Waals surface area (Å²) in [5.74, 6) is -1.64. The molecule has 2 amide bonds. The molecule has 1 atom stereocenters. The number of hydrogen-bond donors (Lipinski definition) is 3. The predicted molar refractivity (Wildman–Crippen MR) is 121 cm³/mol. The van der Waals surface area contributed by atoms with E-state index in [0.717, 1.165) is 22.3 Å². The number of carbonyl (C=O) groups excluding carboxylic acids is 2. The van der Waals surface area contributed by atoms with Gasteiger partial charge >= 0.3 is 12.1 Å². The number of aliphatic carboxylic acids is 1. The van der Waals surface area contributed by atoms with Gasteiger partial charge in [0, 0.05) is 19.0 Å². The van der Waals surface area contributed by atoms with E-state index in [4.69, 9.17) is 9.84 Å². The van der Waals surface area contributed by atoms with Gasteiger partial charge < -0.3 is 20.5 Å². The quantitative estimate of drug-likeness (QED) is 0.553. The maximum Gasteiger partial charge on any atom is 0.407 e. The maximum atomic E-state index is 12.2. The topological polar surface area (TPSA) is 105 Å². The van der Waals surface area contributed by atoms with E-state index in [9.17, 15) is 14.4 Å². The molecule has 2 aromatic carbocycles. The smallest absolute Gasteiger partial charge is 0.407 e. The predicted octanol–water partition coefficient (Wildman–Crippen LogP) is 3.78. The van der Waals surface area contributed by atoms with Crippen LogP contribution >= 0.6 is 0 Å². The zero-order chi connectivity index (χ0) is 23.3. The van der Waals surface area contributed by atoms with Gasteiger partial charge in [0.2, 0.25) is 5.91 Å². The third kappa shape index (κ3) is 5.28. The first-order valence-electron chi connectivity index (χ1n) is 10.8. The van der Waals surface area contributed by atoms with Gasteiger partial charge in [0.1, 0.15) is 6.61 Å². The third-order valence-corrected chi connectivity index (χ3v) is 5.97. The van der Waals surface area contributed by atoms with Crippen molar-refractivity contribution in [2.45, 2.75) is 33.1 Å². The zero-order valence-corrected chi connectivity index (χ0v) is 18.7. The summed E-state index contributed by atoms with van der Waals surface area (Å²) < 4.78 is 5.47. The Balaban J connectivity index is 1.46. The molecular weight excluding hydrogens is 408 g/mol. The number of amides is 2. The lowest BCUT2D eigenvalue weighted by Crippen LogP contribution is -2.39. The van der Waals surface area contributed by atoms with E-state index >= 15 is 0 Å². The molecule has 0 fully saturated rings. The van der Waals surface area contributed by atoms with Gasteiger partial charge in [0.25, 0.3) is 0 Å². The Hall–Kier alpha value is -3.35. The van der Waals surface area contributed by atoms with Crippen LogP contribution in [0.25, 0.3) is 11.1 Å². The Morgan fingerprint density at radius 2 is 1.56 bits per heavy atom. The lowest BCUT2D eigenvalue weighted by Gasteiger charge is -2.20. The molecule has 3 rings (SSSR count). The Morgan fingerprint density at radius 3 is 2.12 bits per heavy atom. The van der Waals surface area contributed by atoms with Crippen LogP contribution < -0.4 is 10.6 Å². The summed E-state index contributed by atoms with van der Waals surface area (Å²) in [7, 11) is 0. The Kier molecular flexibility index (Phi) is 7.18. The first-order valence-corrected chi connectivity index (χ1v) is 10.8. The van der Waals surface area contributed by atoms with Crippen molar-refractivity contribution in [2.75, 3.05) is 19.7 Å². The van der Waals surface area contributed by atoms with Crippen LogP contribution in [0, 0.1) is 11.3 Å². The second-order valence-corrected chi connectivity index (χ2v) is 8.84. The van der Waals surface area contributed by atoms with Gasteiger partial charge in [-0.3, -0.25) is 9.59 Å². The third-order valence-electron chi connectivity index (χ3n) is 5.97. The summed E-state index contributed by atoms with van der Waals surface area (Å²) in [4.78, 5) is 35.6.